The summed E-state index contributed by atoms with van der Waals surface area (Å²) in [6.45, 7) is 8.89. The van der Waals surface area contributed by atoms with Gasteiger partial charge in [-0.2, -0.15) is 5.10 Å². The fourth-order valence-corrected chi connectivity index (χ4v) is 3.55. The molecule has 0 spiro atoms. The normalized spacial score (nSPS) is 15.3. The number of carbonyl (C=O) groups excluding carboxylic acids is 1. The fourth-order valence-electron chi connectivity index (χ4n) is 3.55. The molecule has 1 unspecified atom stereocenters. The second-order valence-electron chi connectivity index (χ2n) is 6.24. The molecule has 0 radical (unpaired) electrons. The van der Waals surface area contributed by atoms with E-state index in [1.807, 2.05) is 25.5 Å². The predicted octanol–water partition coefficient (Wildman–Crippen LogP) is 2.88. The Hall–Kier alpha value is -2.11. The second-order valence-corrected chi connectivity index (χ2v) is 6.24. The second kappa shape index (κ2) is 6.18. The molecule has 1 aliphatic carbocycles. The minimum Gasteiger partial charge on any atom is -0.350 e. The first-order valence-corrected chi connectivity index (χ1v) is 8.35. The summed E-state index contributed by atoms with van der Waals surface area (Å²) in [5.41, 5.74) is 5.06. The van der Waals surface area contributed by atoms with Crippen LogP contribution in [0.5, 0.6) is 0 Å². The number of nitrogens with one attached hydrogen (secondary N) is 1. The van der Waals surface area contributed by atoms with Crippen molar-refractivity contribution in [3.05, 3.63) is 34.0 Å². The average Bonchev–Trinajstić information content (AvgIpc) is 3.08. The molecule has 0 bridgehead atoms. The van der Waals surface area contributed by atoms with Gasteiger partial charge in [0.15, 0.2) is 0 Å². The van der Waals surface area contributed by atoms with E-state index in [-0.39, 0.29) is 11.9 Å². The van der Waals surface area contributed by atoms with Gasteiger partial charge in [0.05, 0.1) is 17.4 Å². The third kappa shape index (κ3) is 2.78. The molecule has 6 nitrogen and oxygen atoms in total. The standard InChI is InChI=1S/C17H24N4O2/c1-5-21-12(4)15(11(3)19-21)10(2)18-17(22)16-13-8-6-7-9-14(13)20-23-16/h10H,5-9H2,1-4H3,(H,18,22). The van der Waals surface area contributed by atoms with E-state index in [1.54, 1.807) is 0 Å². The molecule has 23 heavy (non-hydrogen) atoms. The van der Waals surface area contributed by atoms with Gasteiger partial charge >= 0.3 is 0 Å². The van der Waals surface area contributed by atoms with Crippen LogP contribution in [-0.4, -0.2) is 20.8 Å². The van der Waals surface area contributed by atoms with Crippen LogP contribution in [0.15, 0.2) is 4.52 Å². The summed E-state index contributed by atoms with van der Waals surface area (Å²) in [5.74, 6) is 0.195. The zero-order valence-corrected chi connectivity index (χ0v) is 14.3. The number of hydrogen-bond donors (Lipinski definition) is 1. The minimum absolute atomic E-state index is 0.118. The van der Waals surface area contributed by atoms with Gasteiger partial charge in [-0.1, -0.05) is 5.16 Å². The Balaban J connectivity index is 1.80. The number of carbonyl (C=O) groups is 1. The maximum absolute atomic E-state index is 12.6. The molecule has 0 aliphatic heterocycles. The zero-order valence-electron chi connectivity index (χ0n) is 14.3. The molecule has 1 amide bonds. The van der Waals surface area contributed by atoms with Gasteiger partial charge < -0.3 is 9.84 Å². The van der Waals surface area contributed by atoms with E-state index < -0.39 is 0 Å². The fraction of sp³-hybridized carbons (Fsp3) is 0.588. The largest absolute Gasteiger partial charge is 0.350 e. The summed E-state index contributed by atoms with van der Waals surface area (Å²) in [6, 6.07) is -0.118. The molecule has 0 saturated heterocycles. The van der Waals surface area contributed by atoms with Crippen LogP contribution in [0.1, 0.15) is 71.5 Å². The van der Waals surface area contributed by atoms with Gasteiger partial charge in [-0.25, -0.2) is 0 Å². The third-order valence-electron chi connectivity index (χ3n) is 4.68. The van der Waals surface area contributed by atoms with Crippen molar-refractivity contribution in [2.75, 3.05) is 0 Å². The number of hydrogen-bond acceptors (Lipinski definition) is 4. The first-order chi connectivity index (χ1) is 11.0. The van der Waals surface area contributed by atoms with Gasteiger partial charge in [0.2, 0.25) is 5.76 Å². The SMILES string of the molecule is CCn1nc(C)c(C(C)NC(=O)c2onc3c2CCCC3)c1C. The van der Waals surface area contributed by atoms with E-state index in [4.69, 9.17) is 4.52 Å². The number of aryl methyl sites for hydroxylation is 3. The Kier molecular flexibility index (Phi) is 4.24. The predicted molar refractivity (Wildman–Crippen MR) is 86.4 cm³/mol. The van der Waals surface area contributed by atoms with Crippen molar-refractivity contribution >= 4 is 5.91 Å². The maximum atomic E-state index is 12.6. The minimum atomic E-state index is -0.184. The summed E-state index contributed by atoms with van der Waals surface area (Å²) in [6.07, 6.45) is 3.99. The molecule has 0 aromatic carbocycles. The van der Waals surface area contributed by atoms with E-state index in [0.717, 1.165) is 60.4 Å². The van der Waals surface area contributed by atoms with Gasteiger partial charge in [0, 0.05) is 23.4 Å². The summed E-state index contributed by atoms with van der Waals surface area (Å²) in [5, 5.41) is 11.6. The molecular weight excluding hydrogens is 292 g/mol. The number of rotatable bonds is 4. The molecule has 2 aromatic heterocycles. The summed E-state index contributed by atoms with van der Waals surface area (Å²) >= 11 is 0. The van der Waals surface area contributed by atoms with Crippen molar-refractivity contribution in [3.8, 4) is 0 Å². The Labute approximate surface area is 136 Å². The lowest BCUT2D eigenvalue weighted by Gasteiger charge is -2.15. The molecule has 0 fully saturated rings. The lowest BCUT2D eigenvalue weighted by Crippen LogP contribution is -2.28. The van der Waals surface area contributed by atoms with E-state index in [9.17, 15) is 4.79 Å². The van der Waals surface area contributed by atoms with Gasteiger partial charge in [0.1, 0.15) is 0 Å². The molecule has 2 heterocycles. The van der Waals surface area contributed by atoms with Crippen molar-refractivity contribution in [2.24, 2.45) is 0 Å². The smallest absolute Gasteiger partial charge is 0.290 e. The van der Waals surface area contributed by atoms with Crippen molar-refractivity contribution < 1.29 is 9.32 Å². The molecule has 2 aromatic rings. The van der Waals surface area contributed by atoms with Crippen molar-refractivity contribution in [2.45, 2.75) is 66.0 Å². The van der Waals surface area contributed by atoms with Crippen LogP contribution in [0.4, 0.5) is 0 Å². The van der Waals surface area contributed by atoms with Crippen LogP contribution in [-0.2, 0) is 19.4 Å². The van der Waals surface area contributed by atoms with E-state index in [0.29, 0.717) is 5.76 Å². The number of aromatic nitrogens is 3. The Morgan fingerprint density at radius 2 is 2.09 bits per heavy atom. The van der Waals surface area contributed by atoms with Gasteiger partial charge in [-0.05, 0) is 53.4 Å². The molecule has 1 aliphatic rings. The molecule has 124 valence electrons. The van der Waals surface area contributed by atoms with Crippen molar-refractivity contribution in [3.63, 3.8) is 0 Å². The van der Waals surface area contributed by atoms with Gasteiger partial charge in [-0.15, -0.1) is 0 Å². The summed E-state index contributed by atoms with van der Waals surface area (Å²) < 4.78 is 7.28. The van der Waals surface area contributed by atoms with Gasteiger partial charge in [0.25, 0.3) is 5.91 Å². The molecule has 3 rings (SSSR count). The summed E-state index contributed by atoms with van der Waals surface area (Å²) in [4.78, 5) is 12.6. The highest BCUT2D eigenvalue weighted by atomic mass is 16.5. The van der Waals surface area contributed by atoms with Crippen molar-refractivity contribution in [1.29, 1.82) is 0 Å². The van der Waals surface area contributed by atoms with Crippen LogP contribution in [0.2, 0.25) is 0 Å². The number of nitrogens with zero attached hydrogens (tertiary/aromatic N) is 3. The molecule has 0 saturated carbocycles. The molecule has 1 atom stereocenters. The summed E-state index contributed by atoms with van der Waals surface area (Å²) in [7, 11) is 0. The lowest BCUT2D eigenvalue weighted by atomic mass is 9.96. The van der Waals surface area contributed by atoms with Crippen LogP contribution in [0.25, 0.3) is 0 Å². The Morgan fingerprint density at radius 1 is 1.35 bits per heavy atom. The van der Waals surface area contributed by atoms with Crippen LogP contribution >= 0.6 is 0 Å². The van der Waals surface area contributed by atoms with Crippen LogP contribution in [0.3, 0.4) is 0 Å². The Morgan fingerprint density at radius 3 is 2.78 bits per heavy atom. The quantitative estimate of drug-likeness (QED) is 0.941. The zero-order chi connectivity index (χ0) is 16.6. The van der Waals surface area contributed by atoms with Gasteiger partial charge in [-0.3, -0.25) is 9.48 Å². The Bertz CT molecular complexity index is 729. The molecular formula is C17H24N4O2. The number of amides is 1. The van der Waals surface area contributed by atoms with Crippen LogP contribution < -0.4 is 5.32 Å². The molecule has 6 heteroatoms. The third-order valence-corrected chi connectivity index (χ3v) is 4.68. The van der Waals surface area contributed by atoms with E-state index in [2.05, 4.69) is 22.5 Å². The first-order valence-electron chi connectivity index (χ1n) is 8.35. The average molecular weight is 316 g/mol. The maximum Gasteiger partial charge on any atom is 0.290 e. The topological polar surface area (TPSA) is 73.0 Å². The highest BCUT2D eigenvalue weighted by Crippen LogP contribution is 2.26. The highest BCUT2D eigenvalue weighted by molar-refractivity contribution is 5.93. The van der Waals surface area contributed by atoms with E-state index >= 15 is 0 Å². The van der Waals surface area contributed by atoms with Crippen molar-refractivity contribution in [1.82, 2.24) is 20.3 Å². The van der Waals surface area contributed by atoms with Crippen LogP contribution in [0, 0.1) is 13.8 Å². The first kappa shape index (κ1) is 15.8. The van der Waals surface area contributed by atoms with E-state index in [1.165, 1.54) is 0 Å². The monoisotopic (exact) mass is 316 g/mol. The number of fused-ring (bicyclic) bond motifs is 1. The highest BCUT2D eigenvalue weighted by Gasteiger charge is 2.26. The molecule has 1 N–H and O–H groups in total. The lowest BCUT2D eigenvalue weighted by molar-refractivity contribution is 0.0901.